The van der Waals surface area contributed by atoms with Crippen LogP contribution >= 0.6 is 0 Å². The van der Waals surface area contributed by atoms with Crippen molar-refractivity contribution in [3.63, 3.8) is 0 Å². The van der Waals surface area contributed by atoms with E-state index in [9.17, 15) is 0 Å². The summed E-state index contributed by atoms with van der Waals surface area (Å²) in [5, 5.41) is 4.56. The van der Waals surface area contributed by atoms with Crippen molar-refractivity contribution in [1.82, 2.24) is 9.78 Å². The van der Waals surface area contributed by atoms with Gasteiger partial charge in [0.25, 0.3) is 0 Å². The van der Waals surface area contributed by atoms with Crippen LogP contribution < -0.4 is 5.73 Å². The summed E-state index contributed by atoms with van der Waals surface area (Å²) in [6, 6.07) is 6.41. The topological polar surface area (TPSA) is 43.8 Å². The molecule has 0 saturated carbocycles. The maximum atomic E-state index is 5.67. The van der Waals surface area contributed by atoms with E-state index in [0.29, 0.717) is 12.5 Å². The number of nitrogens with zero attached hydrogens (tertiary/aromatic N) is 2. The van der Waals surface area contributed by atoms with Gasteiger partial charge >= 0.3 is 0 Å². The maximum absolute atomic E-state index is 5.67. The first kappa shape index (κ1) is 12.8. The molecule has 0 radical (unpaired) electrons. The number of hydrogen-bond donors (Lipinski definition) is 1. The van der Waals surface area contributed by atoms with Crippen molar-refractivity contribution in [2.75, 3.05) is 0 Å². The van der Waals surface area contributed by atoms with Crippen LogP contribution in [0.4, 0.5) is 0 Å². The van der Waals surface area contributed by atoms with Gasteiger partial charge in [-0.1, -0.05) is 32.0 Å². The molecule has 1 aromatic carbocycles. The smallest absolute Gasteiger partial charge is 0.0728 e. The van der Waals surface area contributed by atoms with Gasteiger partial charge in [-0.3, -0.25) is 4.68 Å². The fraction of sp³-hybridized carbons (Fsp3) is 0.400. The van der Waals surface area contributed by atoms with Gasteiger partial charge in [0.1, 0.15) is 0 Å². The SMILES string of the molecule is Cc1cc(CN)ccc1-c1cn(C)nc1C(C)C. The van der Waals surface area contributed by atoms with E-state index in [0.717, 1.165) is 5.69 Å². The van der Waals surface area contributed by atoms with E-state index in [2.05, 4.69) is 50.3 Å². The summed E-state index contributed by atoms with van der Waals surface area (Å²) in [5.74, 6) is 0.426. The second kappa shape index (κ2) is 4.94. The Balaban J connectivity index is 2.55. The quantitative estimate of drug-likeness (QED) is 0.900. The van der Waals surface area contributed by atoms with E-state index >= 15 is 0 Å². The zero-order chi connectivity index (χ0) is 13.3. The van der Waals surface area contributed by atoms with Gasteiger partial charge in [0, 0.05) is 25.4 Å². The zero-order valence-corrected chi connectivity index (χ0v) is 11.6. The molecule has 1 heterocycles. The fourth-order valence-corrected chi connectivity index (χ4v) is 2.29. The highest BCUT2D eigenvalue weighted by Crippen LogP contribution is 2.30. The third-order valence-corrected chi connectivity index (χ3v) is 3.22. The molecule has 1 aromatic heterocycles. The van der Waals surface area contributed by atoms with Crippen LogP contribution in [0.5, 0.6) is 0 Å². The lowest BCUT2D eigenvalue weighted by Gasteiger charge is -2.09. The molecule has 0 saturated heterocycles. The summed E-state index contributed by atoms with van der Waals surface area (Å²) in [4.78, 5) is 0. The largest absolute Gasteiger partial charge is 0.326 e. The number of hydrogen-bond acceptors (Lipinski definition) is 2. The Hall–Kier alpha value is -1.61. The lowest BCUT2D eigenvalue weighted by molar-refractivity contribution is 0.713. The lowest BCUT2D eigenvalue weighted by atomic mass is 9.95. The average Bonchev–Trinajstić information content (AvgIpc) is 2.71. The van der Waals surface area contributed by atoms with Crippen LogP contribution in [0.25, 0.3) is 11.1 Å². The second-order valence-corrected chi connectivity index (χ2v) is 5.11. The van der Waals surface area contributed by atoms with E-state index < -0.39 is 0 Å². The number of aryl methyl sites for hydroxylation is 2. The van der Waals surface area contributed by atoms with Crippen LogP contribution in [0, 0.1) is 6.92 Å². The molecule has 2 rings (SSSR count). The van der Waals surface area contributed by atoms with Gasteiger partial charge in [-0.05, 0) is 29.5 Å². The standard InChI is InChI=1S/C15H21N3/c1-10(2)15-14(9-18(4)17-15)13-6-5-12(8-16)7-11(13)3/h5-7,9-10H,8,16H2,1-4H3. The monoisotopic (exact) mass is 243 g/mol. The van der Waals surface area contributed by atoms with E-state index in [-0.39, 0.29) is 0 Å². The maximum Gasteiger partial charge on any atom is 0.0728 e. The number of benzene rings is 1. The predicted molar refractivity (Wildman–Crippen MR) is 75.4 cm³/mol. The Morgan fingerprint density at radius 1 is 1.28 bits per heavy atom. The molecule has 0 aliphatic carbocycles. The molecule has 96 valence electrons. The molecular formula is C15H21N3. The summed E-state index contributed by atoms with van der Waals surface area (Å²) in [6.45, 7) is 7.07. The zero-order valence-electron chi connectivity index (χ0n) is 11.6. The van der Waals surface area contributed by atoms with Crippen LogP contribution in [-0.2, 0) is 13.6 Å². The highest BCUT2D eigenvalue weighted by atomic mass is 15.3. The average molecular weight is 243 g/mol. The minimum absolute atomic E-state index is 0.426. The number of rotatable bonds is 3. The van der Waals surface area contributed by atoms with Crippen LogP contribution in [-0.4, -0.2) is 9.78 Å². The first-order chi connectivity index (χ1) is 8.52. The molecule has 0 amide bonds. The summed E-state index contributed by atoms with van der Waals surface area (Å²) < 4.78 is 1.89. The van der Waals surface area contributed by atoms with Gasteiger partial charge in [0.2, 0.25) is 0 Å². The van der Waals surface area contributed by atoms with Crippen LogP contribution in [0.2, 0.25) is 0 Å². The number of nitrogens with two attached hydrogens (primary N) is 1. The van der Waals surface area contributed by atoms with E-state index in [1.807, 2.05) is 11.7 Å². The van der Waals surface area contributed by atoms with Crippen LogP contribution in [0.3, 0.4) is 0 Å². The Morgan fingerprint density at radius 3 is 2.56 bits per heavy atom. The number of aromatic nitrogens is 2. The molecule has 2 N–H and O–H groups in total. The molecule has 3 heteroatoms. The molecule has 2 aromatic rings. The molecule has 18 heavy (non-hydrogen) atoms. The van der Waals surface area contributed by atoms with Crippen molar-refractivity contribution in [2.45, 2.75) is 33.2 Å². The van der Waals surface area contributed by atoms with Crippen LogP contribution in [0.15, 0.2) is 24.4 Å². The molecule has 0 aliphatic rings. The van der Waals surface area contributed by atoms with Crippen molar-refractivity contribution in [3.8, 4) is 11.1 Å². The van der Waals surface area contributed by atoms with Crippen molar-refractivity contribution < 1.29 is 0 Å². The summed E-state index contributed by atoms with van der Waals surface area (Å²) in [6.07, 6.45) is 2.10. The van der Waals surface area contributed by atoms with Crippen molar-refractivity contribution in [2.24, 2.45) is 12.8 Å². The van der Waals surface area contributed by atoms with Crippen molar-refractivity contribution >= 4 is 0 Å². The molecule has 3 nitrogen and oxygen atoms in total. The molecule has 0 fully saturated rings. The minimum Gasteiger partial charge on any atom is -0.326 e. The fourth-order valence-electron chi connectivity index (χ4n) is 2.29. The predicted octanol–water partition coefficient (Wildman–Crippen LogP) is 2.98. The Kier molecular flexibility index (Phi) is 3.53. The Labute approximate surface area is 109 Å². The lowest BCUT2D eigenvalue weighted by Crippen LogP contribution is -1.98. The van der Waals surface area contributed by atoms with Gasteiger partial charge < -0.3 is 5.73 Å². The molecule has 0 aliphatic heterocycles. The van der Waals surface area contributed by atoms with Crippen molar-refractivity contribution in [1.29, 1.82) is 0 Å². The molecular weight excluding hydrogens is 222 g/mol. The van der Waals surface area contributed by atoms with E-state index in [1.165, 1.54) is 22.3 Å². The summed E-state index contributed by atoms with van der Waals surface area (Å²) in [5.41, 5.74) is 11.7. The van der Waals surface area contributed by atoms with E-state index in [4.69, 9.17) is 5.73 Å². The second-order valence-electron chi connectivity index (χ2n) is 5.11. The van der Waals surface area contributed by atoms with Gasteiger partial charge in [0.05, 0.1) is 5.69 Å². The Morgan fingerprint density at radius 2 is 2.00 bits per heavy atom. The third-order valence-electron chi connectivity index (χ3n) is 3.22. The third kappa shape index (κ3) is 2.31. The van der Waals surface area contributed by atoms with Gasteiger partial charge in [-0.25, -0.2) is 0 Å². The molecule has 0 unspecified atom stereocenters. The first-order valence-electron chi connectivity index (χ1n) is 6.36. The van der Waals surface area contributed by atoms with Gasteiger partial charge in [-0.15, -0.1) is 0 Å². The Bertz CT molecular complexity index is 553. The van der Waals surface area contributed by atoms with Gasteiger partial charge in [0.15, 0.2) is 0 Å². The first-order valence-corrected chi connectivity index (χ1v) is 6.36. The highest BCUT2D eigenvalue weighted by Gasteiger charge is 2.14. The normalized spacial score (nSPS) is 11.2. The molecule has 0 bridgehead atoms. The summed E-state index contributed by atoms with van der Waals surface area (Å²) in [7, 11) is 1.97. The van der Waals surface area contributed by atoms with E-state index in [1.54, 1.807) is 0 Å². The van der Waals surface area contributed by atoms with Gasteiger partial charge in [-0.2, -0.15) is 5.10 Å². The minimum atomic E-state index is 0.426. The van der Waals surface area contributed by atoms with Crippen LogP contribution in [0.1, 0.15) is 36.6 Å². The van der Waals surface area contributed by atoms with Crippen molar-refractivity contribution in [3.05, 3.63) is 41.2 Å². The highest BCUT2D eigenvalue weighted by molar-refractivity contribution is 5.69. The summed E-state index contributed by atoms with van der Waals surface area (Å²) >= 11 is 0. The molecule has 0 spiro atoms. The molecule has 0 atom stereocenters.